The first-order valence-corrected chi connectivity index (χ1v) is 14.0. The van der Waals surface area contributed by atoms with E-state index in [9.17, 15) is 19.5 Å². The Balaban J connectivity index is 1.86. The monoisotopic (exact) mass is 524 g/mol. The Morgan fingerprint density at radius 1 is 0.816 bits per heavy atom. The lowest BCUT2D eigenvalue weighted by atomic mass is 9.87. The van der Waals surface area contributed by atoms with Gasteiger partial charge in [-0.05, 0) is 68.2 Å². The molecule has 208 valence electrons. The van der Waals surface area contributed by atoms with Crippen LogP contribution >= 0.6 is 0 Å². The fourth-order valence-electron chi connectivity index (χ4n) is 4.37. The Bertz CT molecular complexity index is 962. The molecule has 38 heavy (non-hydrogen) atoms. The van der Waals surface area contributed by atoms with E-state index in [4.69, 9.17) is 4.74 Å². The van der Waals surface area contributed by atoms with E-state index < -0.39 is 17.8 Å². The number of unbranched alkanes of at least 4 members (excludes halogenated alkanes) is 2. The number of aryl methyl sites for hydroxylation is 2. The quantitative estimate of drug-likeness (QED) is 0.150. The zero-order valence-electron chi connectivity index (χ0n) is 22.9. The van der Waals surface area contributed by atoms with Crippen molar-refractivity contribution >= 4 is 23.7 Å². The summed E-state index contributed by atoms with van der Waals surface area (Å²) in [6.07, 6.45) is 7.12. The third-order valence-electron chi connectivity index (χ3n) is 6.63. The van der Waals surface area contributed by atoms with Gasteiger partial charge < -0.3 is 20.5 Å². The average molecular weight is 525 g/mol. The number of anilines is 1. The highest BCUT2D eigenvalue weighted by atomic mass is 16.5. The van der Waals surface area contributed by atoms with E-state index in [1.54, 1.807) is 0 Å². The fourth-order valence-corrected chi connectivity index (χ4v) is 4.37. The third-order valence-corrected chi connectivity index (χ3v) is 6.63. The molecule has 7 heteroatoms. The van der Waals surface area contributed by atoms with Crippen LogP contribution in [0.1, 0.15) is 76.3 Å². The first-order valence-electron chi connectivity index (χ1n) is 14.0. The number of benzene rings is 2. The van der Waals surface area contributed by atoms with E-state index in [1.807, 2.05) is 37.3 Å². The molecule has 3 N–H and O–H groups in total. The largest absolute Gasteiger partial charge is 0.481 e. The summed E-state index contributed by atoms with van der Waals surface area (Å²) in [7, 11) is 0. The van der Waals surface area contributed by atoms with Gasteiger partial charge in [-0.15, -0.1) is 0 Å². The number of para-hydroxylation sites is 1. The van der Waals surface area contributed by atoms with E-state index in [2.05, 4.69) is 41.8 Å². The van der Waals surface area contributed by atoms with E-state index in [-0.39, 0.29) is 18.4 Å². The highest BCUT2D eigenvalue weighted by Gasteiger charge is 2.28. The smallest absolute Gasteiger partial charge is 0.319 e. The van der Waals surface area contributed by atoms with Crippen LogP contribution in [-0.4, -0.2) is 36.2 Å². The normalized spacial score (nSPS) is 12.4. The number of carbonyl (C=O) groups excluding carboxylic acids is 2. The predicted octanol–water partition coefficient (Wildman–Crippen LogP) is 6.61. The number of aliphatic carboxylic acids is 1. The fraction of sp³-hybridized carbons (Fsp3) is 0.516. The number of nitrogens with one attached hydrogen (secondary N) is 2. The topological polar surface area (TPSA) is 105 Å². The first kappa shape index (κ1) is 30.9. The molecule has 0 aliphatic carbocycles. The molecule has 7 nitrogen and oxygen atoms in total. The van der Waals surface area contributed by atoms with Crippen LogP contribution in [-0.2, 0) is 27.2 Å². The van der Waals surface area contributed by atoms with E-state index in [0.717, 1.165) is 36.9 Å². The molecule has 2 amide bonds. The number of hydrogen-bond donors (Lipinski definition) is 3. The molecule has 0 bridgehead atoms. The Hall–Kier alpha value is -3.35. The van der Waals surface area contributed by atoms with Crippen molar-refractivity contribution in [3.05, 3.63) is 65.7 Å². The minimum absolute atomic E-state index is 0.260. The molecule has 2 aromatic carbocycles. The second-order valence-corrected chi connectivity index (χ2v) is 9.84. The summed E-state index contributed by atoms with van der Waals surface area (Å²) >= 11 is 0. The summed E-state index contributed by atoms with van der Waals surface area (Å²) in [4.78, 5) is 37.0. The lowest BCUT2D eigenvalue weighted by molar-refractivity contribution is -0.151. The average Bonchev–Trinajstić information content (AvgIpc) is 2.91. The molecule has 0 radical (unpaired) electrons. The zero-order valence-corrected chi connectivity index (χ0v) is 22.9. The molecule has 2 aromatic rings. The summed E-state index contributed by atoms with van der Waals surface area (Å²) in [6, 6.07) is 17.3. The van der Waals surface area contributed by atoms with Gasteiger partial charge >= 0.3 is 18.0 Å². The predicted molar refractivity (Wildman–Crippen MR) is 151 cm³/mol. The van der Waals surface area contributed by atoms with Crippen molar-refractivity contribution in [2.75, 3.05) is 18.5 Å². The van der Waals surface area contributed by atoms with Crippen molar-refractivity contribution in [2.45, 2.75) is 78.1 Å². The number of urea groups is 1. The van der Waals surface area contributed by atoms with Gasteiger partial charge in [-0.2, -0.15) is 0 Å². The lowest BCUT2D eigenvalue weighted by Gasteiger charge is -2.20. The van der Waals surface area contributed by atoms with Gasteiger partial charge in [-0.1, -0.05) is 75.6 Å². The molecule has 2 rings (SSSR count). The number of carboxylic acids is 1. The number of carbonyl (C=O) groups is 3. The summed E-state index contributed by atoms with van der Waals surface area (Å²) < 4.78 is 5.47. The number of ether oxygens (including phenoxy) is 1. The van der Waals surface area contributed by atoms with Crippen LogP contribution in [0.2, 0.25) is 0 Å². The number of amides is 2. The summed E-state index contributed by atoms with van der Waals surface area (Å²) in [5.74, 6) is -2.29. The van der Waals surface area contributed by atoms with Gasteiger partial charge in [0.1, 0.15) is 0 Å². The standard InChI is InChI=1S/C31H44N2O5/c1-3-5-22-38-30(36)27(12-9-10-21-32-31(37)33-28-13-7-6-8-14-28)23-26(29(34)35)20-19-25-17-15-24(11-4-2)16-18-25/h6-8,13-18,26-27H,3-5,9-12,19-23H2,1-2H3,(H,34,35)(H2,32,33,37). The molecule has 0 aliphatic heterocycles. The molecule has 0 aliphatic rings. The second kappa shape index (κ2) is 18.0. The number of rotatable bonds is 18. The molecule has 0 aromatic heterocycles. The zero-order chi connectivity index (χ0) is 27.6. The Labute approximate surface area is 227 Å². The number of hydrogen-bond acceptors (Lipinski definition) is 4. The van der Waals surface area contributed by atoms with Crippen molar-refractivity contribution < 1.29 is 24.2 Å². The van der Waals surface area contributed by atoms with Crippen LogP contribution in [0.4, 0.5) is 10.5 Å². The molecular formula is C31H44N2O5. The van der Waals surface area contributed by atoms with Crippen molar-refractivity contribution in [2.24, 2.45) is 11.8 Å². The highest BCUT2D eigenvalue weighted by molar-refractivity contribution is 5.89. The molecule has 0 saturated heterocycles. The molecular weight excluding hydrogens is 480 g/mol. The molecule has 0 fully saturated rings. The maximum Gasteiger partial charge on any atom is 0.319 e. The van der Waals surface area contributed by atoms with Crippen LogP contribution in [0.5, 0.6) is 0 Å². The molecule has 0 saturated carbocycles. The van der Waals surface area contributed by atoms with Gasteiger partial charge in [0.2, 0.25) is 0 Å². The minimum atomic E-state index is -0.877. The van der Waals surface area contributed by atoms with Gasteiger partial charge in [0, 0.05) is 12.2 Å². The van der Waals surface area contributed by atoms with Crippen molar-refractivity contribution in [1.82, 2.24) is 5.32 Å². The van der Waals surface area contributed by atoms with Gasteiger partial charge in [0.15, 0.2) is 0 Å². The van der Waals surface area contributed by atoms with Crippen molar-refractivity contribution in [3.63, 3.8) is 0 Å². The van der Waals surface area contributed by atoms with Gasteiger partial charge in [-0.25, -0.2) is 4.79 Å². The van der Waals surface area contributed by atoms with Gasteiger partial charge in [0.05, 0.1) is 18.4 Å². The van der Waals surface area contributed by atoms with Crippen LogP contribution in [0.15, 0.2) is 54.6 Å². The SMILES string of the molecule is CCCCOC(=O)C(CCCCNC(=O)Nc1ccccc1)CC(CCc1ccc(CCC)cc1)C(=O)O. The molecule has 2 atom stereocenters. The van der Waals surface area contributed by atoms with E-state index >= 15 is 0 Å². The second-order valence-electron chi connectivity index (χ2n) is 9.84. The lowest BCUT2D eigenvalue weighted by Crippen LogP contribution is -2.30. The minimum Gasteiger partial charge on any atom is -0.481 e. The van der Waals surface area contributed by atoms with Crippen LogP contribution in [0, 0.1) is 11.8 Å². The maximum atomic E-state index is 12.8. The van der Waals surface area contributed by atoms with Crippen LogP contribution in [0.25, 0.3) is 0 Å². The Kier molecular flexibility index (Phi) is 14.6. The third kappa shape index (κ3) is 12.3. The van der Waals surface area contributed by atoms with Gasteiger partial charge in [0.25, 0.3) is 0 Å². The summed E-state index contributed by atoms with van der Waals surface area (Å²) in [5.41, 5.74) is 3.11. The van der Waals surface area contributed by atoms with Gasteiger partial charge in [-0.3, -0.25) is 9.59 Å². The Morgan fingerprint density at radius 2 is 1.50 bits per heavy atom. The van der Waals surface area contributed by atoms with Crippen molar-refractivity contribution in [1.29, 1.82) is 0 Å². The highest BCUT2D eigenvalue weighted by Crippen LogP contribution is 2.24. The number of carboxylic acid groups (broad SMARTS) is 1. The van der Waals surface area contributed by atoms with E-state index in [0.29, 0.717) is 45.3 Å². The molecule has 2 unspecified atom stereocenters. The summed E-state index contributed by atoms with van der Waals surface area (Å²) in [5, 5.41) is 15.5. The first-order chi connectivity index (χ1) is 18.4. The van der Waals surface area contributed by atoms with E-state index in [1.165, 1.54) is 5.56 Å². The Morgan fingerprint density at radius 3 is 2.13 bits per heavy atom. The molecule has 0 heterocycles. The van der Waals surface area contributed by atoms with Crippen LogP contribution < -0.4 is 10.6 Å². The van der Waals surface area contributed by atoms with Crippen molar-refractivity contribution in [3.8, 4) is 0 Å². The maximum absolute atomic E-state index is 12.8. The summed E-state index contributed by atoms with van der Waals surface area (Å²) in [6.45, 7) is 5.00. The van der Waals surface area contributed by atoms with Crippen LogP contribution in [0.3, 0.4) is 0 Å². The number of esters is 1. The molecule has 0 spiro atoms.